The topological polar surface area (TPSA) is 58.7 Å². The molecule has 0 aromatic heterocycles. The van der Waals surface area contributed by atoms with Crippen LogP contribution in [0, 0.1) is 0 Å². The van der Waals surface area contributed by atoms with Gasteiger partial charge in [-0.1, -0.05) is 30.3 Å². The Morgan fingerprint density at radius 1 is 1.21 bits per heavy atom. The van der Waals surface area contributed by atoms with Crippen molar-refractivity contribution in [2.45, 2.75) is 25.0 Å². The fourth-order valence-electron chi connectivity index (χ4n) is 2.35. The number of likely N-dealkylation sites (tertiary alicyclic amines) is 1. The first-order valence-corrected chi connectivity index (χ1v) is 6.98. The first-order chi connectivity index (χ1) is 9.22. The van der Waals surface area contributed by atoms with E-state index in [9.17, 15) is 5.11 Å². The van der Waals surface area contributed by atoms with Crippen LogP contribution in [0.2, 0.25) is 0 Å². The Morgan fingerprint density at radius 2 is 1.89 bits per heavy atom. The Bertz CT molecular complexity index is 362. The molecule has 1 aromatic carbocycles. The maximum absolute atomic E-state index is 10.0. The van der Waals surface area contributed by atoms with Crippen LogP contribution < -0.4 is 5.73 Å². The lowest BCUT2D eigenvalue weighted by Crippen LogP contribution is -2.49. The molecule has 0 saturated carbocycles. The summed E-state index contributed by atoms with van der Waals surface area (Å²) >= 11 is 0. The molecule has 0 radical (unpaired) electrons. The first-order valence-electron chi connectivity index (χ1n) is 6.98. The summed E-state index contributed by atoms with van der Waals surface area (Å²) in [6, 6.07) is 10.2. The van der Waals surface area contributed by atoms with Gasteiger partial charge in [-0.15, -0.1) is 0 Å². The van der Waals surface area contributed by atoms with Gasteiger partial charge in [-0.05, 0) is 18.4 Å². The van der Waals surface area contributed by atoms with E-state index in [0.717, 1.165) is 39.1 Å². The van der Waals surface area contributed by atoms with Crippen molar-refractivity contribution < 1.29 is 9.84 Å². The van der Waals surface area contributed by atoms with E-state index in [1.807, 2.05) is 18.2 Å². The number of hydrogen-bond donors (Lipinski definition) is 2. The van der Waals surface area contributed by atoms with Crippen molar-refractivity contribution in [3.05, 3.63) is 35.9 Å². The highest BCUT2D eigenvalue weighted by molar-refractivity contribution is 5.13. The van der Waals surface area contributed by atoms with Gasteiger partial charge in [-0.2, -0.15) is 0 Å². The first kappa shape index (κ1) is 14.5. The maximum Gasteiger partial charge on any atom is 0.0793 e. The molecule has 2 rings (SSSR count). The molecule has 0 spiro atoms. The van der Waals surface area contributed by atoms with Crippen LogP contribution in [-0.4, -0.2) is 48.4 Å². The van der Waals surface area contributed by atoms with E-state index in [1.165, 1.54) is 5.56 Å². The van der Waals surface area contributed by atoms with E-state index in [2.05, 4.69) is 17.0 Å². The third-order valence-corrected chi connectivity index (χ3v) is 3.83. The van der Waals surface area contributed by atoms with E-state index in [1.54, 1.807) is 0 Å². The largest absolute Gasteiger partial charge is 0.388 e. The predicted octanol–water partition coefficient (Wildman–Crippen LogP) is 0.989. The van der Waals surface area contributed by atoms with E-state index in [-0.39, 0.29) is 0 Å². The van der Waals surface area contributed by atoms with E-state index >= 15 is 0 Å². The molecule has 106 valence electrons. The second-order valence-electron chi connectivity index (χ2n) is 5.31. The number of ether oxygens (including phenoxy) is 1. The summed E-state index contributed by atoms with van der Waals surface area (Å²) in [5.74, 6) is 0. The molecule has 0 aliphatic carbocycles. The average molecular weight is 264 g/mol. The van der Waals surface area contributed by atoms with Gasteiger partial charge < -0.3 is 20.5 Å². The molecule has 0 bridgehead atoms. The summed E-state index contributed by atoms with van der Waals surface area (Å²) < 4.78 is 5.67. The van der Waals surface area contributed by atoms with Gasteiger partial charge in [0, 0.05) is 26.2 Å². The number of benzene rings is 1. The number of rotatable bonds is 6. The smallest absolute Gasteiger partial charge is 0.0793 e. The summed E-state index contributed by atoms with van der Waals surface area (Å²) in [5.41, 5.74) is 6.15. The van der Waals surface area contributed by atoms with Crippen molar-refractivity contribution in [3.63, 3.8) is 0 Å². The fraction of sp³-hybridized carbons (Fsp3) is 0.600. The molecule has 0 amide bonds. The van der Waals surface area contributed by atoms with Gasteiger partial charge >= 0.3 is 0 Å². The molecular weight excluding hydrogens is 240 g/mol. The Labute approximate surface area is 115 Å². The molecule has 1 saturated heterocycles. The van der Waals surface area contributed by atoms with Gasteiger partial charge in [0.15, 0.2) is 0 Å². The summed E-state index contributed by atoms with van der Waals surface area (Å²) in [6.07, 6.45) is 1.53. The molecule has 3 N–H and O–H groups in total. The number of nitrogens with two attached hydrogens (primary N) is 1. The Kier molecular flexibility index (Phi) is 5.34. The van der Waals surface area contributed by atoms with Crippen LogP contribution >= 0.6 is 0 Å². The molecule has 19 heavy (non-hydrogen) atoms. The van der Waals surface area contributed by atoms with Gasteiger partial charge in [0.1, 0.15) is 0 Å². The van der Waals surface area contributed by atoms with Crippen molar-refractivity contribution in [1.29, 1.82) is 0 Å². The van der Waals surface area contributed by atoms with Crippen molar-refractivity contribution in [2.75, 3.05) is 32.8 Å². The minimum Gasteiger partial charge on any atom is -0.388 e. The molecule has 1 aromatic rings. The number of piperidine rings is 1. The quantitative estimate of drug-likeness (QED) is 0.752. The normalized spacial score (nSPS) is 19.5. The standard InChI is InChI=1S/C15H24N2O2/c16-13-15(18)6-8-17(9-7-15)10-11-19-12-14-4-2-1-3-5-14/h1-5,18H,6-13,16H2. The summed E-state index contributed by atoms with van der Waals surface area (Å²) in [6.45, 7) is 4.50. The zero-order valence-electron chi connectivity index (χ0n) is 11.4. The minimum absolute atomic E-state index is 0.366. The zero-order valence-corrected chi connectivity index (χ0v) is 11.4. The maximum atomic E-state index is 10.0. The van der Waals surface area contributed by atoms with E-state index < -0.39 is 5.60 Å². The van der Waals surface area contributed by atoms with Crippen LogP contribution in [0.25, 0.3) is 0 Å². The van der Waals surface area contributed by atoms with Crippen molar-refractivity contribution in [2.24, 2.45) is 5.73 Å². The summed E-state index contributed by atoms with van der Waals surface area (Å²) in [5, 5.41) is 10.0. The third-order valence-electron chi connectivity index (χ3n) is 3.83. The van der Waals surface area contributed by atoms with Crippen LogP contribution in [0.5, 0.6) is 0 Å². The fourth-order valence-corrected chi connectivity index (χ4v) is 2.35. The Hall–Kier alpha value is -0.940. The zero-order chi connectivity index (χ0) is 13.6. The van der Waals surface area contributed by atoms with Gasteiger partial charge in [0.2, 0.25) is 0 Å². The van der Waals surface area contributed by atoms with Crippen molar-refractivity contribution in [3.8, 4) is 0 Å². The second kappa shape index (κ2) is 7.01. The highest BCUT2D eigenvalue weighted by Crippen LogP contribution is 2.20. The minimum atomic E-state index is -0.638. The molecule has 1 aliphatic rings. The van der Waals surface area contributed by atoms with Crippen LogP contribution in [0.1, 0.15) is 18.4 Å². The number of hydrogen-bond acceptors (Lipinski definition) is 4. The molecule has 0 atom stereocenters. The van der Waals surface area contributed by atoms with Gasteiger partial charge in [0.05, 0.1) is 18.8 Å². The van der Waals surface area contributed by atoms with Gasteiger partial charge in [0.25, 0.3) is 0 Å². The van der Waals surface area contributed by atoms with E-state index in [0.29, 0.717) is 13.2 Å². The molecule has 0 unspecified atom stereocenters. The van der Waals surface area contributed by atoms with Crippen LogP contribution in [0.15, 0.2) is 30.3 Å². The van der Waals surface area contributed by atoms with Crippen molar-refractivity contribution in [1.82, 2.24) is 4.90 Å². The van der Waals surface area contributed by atoms with Crippen LogP contribution in [0.4, 0.5) is 0 Å². The molecule has 1 heterocycles. The predicted molar refractivity (Wildman–Crippen MR) is 75.8 cm³/mol. The van der Waals surface area contributed by atoms with Gasteiger partial charge in [-0.3, -0.25) is 0 Å². The highest BCUT2D eigenvalue weighted by Gasteiger charge is 2.30. The lowest BCUT2D eigenvalue weighted by atomic mass is 9.92. The number of nitrogens with zero attached hydrogens (tertiary/aromatic N) is 1. The van der Waals surface area contributed by atoms with Crippen molar-refractivity contribution >= 4 is 0 Å². The second-order valence-corrected chi connectivity index (χ2v) is 5.31. The molecule has 4 nitrogen and oxygen atoms in total. The molecular formula is C15H24N2O2. The SMILES string of the molecule is NCC1(O)CCN(CCOCc2ccccc2)CC1. The van der Waals surface area contributed by atoms with Crippen LogP contribution in [0.3, 0.4) is 0 Å². The monoisotopic (exact) mass is 264 g/mol. The molecule has 4 heteroatoms. The third kappa shape index (κ3) is 4.58. The molecule has 1 fully saturated rings. The van der Waals surface area contributed by atoms with E-state index in [4.69, 9.17) is 10.5 Å². The highest BCUT2D eigenvalue weighted by atomic mass is 16.5. The average Bonchev–Trinajstić information content (AvgIpc) is 2.47. The lowest BCUT2D eigenvalue weighted by Gasteiger charge is -2.37. The summed E-state index contributed by atoms with van der Waals surface area (Å²) in [4.78, 5) is 2.33. The van der Waals surface area contributed by atoms with Gasteiger partial charge in [-0.25, -0.2) is 0 Å². The Morgan fingerprint density at radius 3 is 2.53 bits per heavy atom. The number of aliphatic hydroxyl groups is 1. The van der Waals surface area contributed by atoms with Crippen LogP contribution in [-0.2, 0) is 11.3 Å². The summed E-state index contributed by atoms with van der Waals surface area (Å²) in [7, 11) is 0. The lowest BCUT2D eigenvalue weighted by molar-refractivity contribution is -0.0203. The Balaban J connectivity index is 1.60. The molecule has 1 aliphatic heterocycles.